The molecule has 1 atom stereocenters. The van der Waals surface area contributed by atoms with Gasteiger partial charge in [0, 0.05) is 29.1 Å². The lowest BCUT2D eigenvalue weighted by Crippen LogP contribution is -2.19. The highest BCUT2D eigenvalue weighted by Crippen LogP contribution is 2.46. The summed E-state index contributed by atoms with van der Waals surface area (Å²) in [5.74, 6) is -0.552. The number of alkyl halides is 3. The summed E-state index contributed by atoms with van der Waals surface area (Å²) in [4.78, 5) is 20.1. The van der Waals surface area contributed by atoms with Crippen LogP contribution < -0.4 is 0 Å². The number of carboxylic acids is 1. The van der Waals surface area contributed by atoms with Crippen molar-refractivity contribution in [2.24, 2.45) is 0 Å². The quantitative estimate of drug-likeness (QED) is 0.270. The van der Waals surface area contributed by atoms with Crippen molar-refractivity contribution in [3.8, 4) is 22.3 Å². The topological polar surface area (TPSA) is 94.0 Å². The molecule has 0 fully saturated rings. The van der Waals surface area contributed by atoms with Gasteiger partial charge in [-0.15, -0.1) is 0 Å². The Labute approximate surface area is 215 Å². The van der Waals surface area contributed by atoms with Crippen LogP contribution in [-0.2, 0) is 17.4 Å². The minimum atomic E-state index is -4.76. The predicted octanol–water partition coefficient (Wildman–Crippen LogP) is 6.63. The zero-order chi connectivity index (χ0) is 27.2. The molecule has 1 N–H and O–H groups in total. The number of carboxylic acid groups (broad SMARTS) is 1. The molecule has 38 heavy (non-hydrogen) atoms. The van der Waals surface area contributed by atoms with Gasteiger partial charge >= 0.3 is 12.1 Å². The van der Waals surface area contributed by atoms with Crippen LogP contribution in [0.4, 0.5) is 13.2 Å². The van der Waals surface area contributed by atoms with E-state index >= 15 is 0 Å². The number of halogens is 3. The van der Waals surface area contributed by atoms with Gasteiger partial charge in [0.05, 0.1) is 34.9 Å². The Kier molecular flexibility index (Phi) is 6.26. The monoisotopic (exact) mass is 520 g/mol. The fourth-order valence-electron chi connectivity index (χ4n) is 4.94. The molecular weight excluding hydrogens is 497 g/mol. The summed E-state index contributed by atoms with van der Waals surface area (Å²) >= 11 is 0. The van der Waals surface area contributed by atoms with E-state index in [0.717, 1.165) is 0 Å². The number of nitrogens with zero attached hydrogens (tertiary/aromatic N) is 4. The second-order valence-electron chi connectivity index (χ2n) is 9.08. The summed E-state index contributed by atoms with van der Waals surface area (Å²) in [7, 11) is 0. The molecule has 0 aliphatic heterocycles. The maximum atomic E-state index is 14.9. The van der Waals surface area contributed by atoms with Gasteiger partial charge in [-0.1, -0.05) is 35.5 Å². The molecule has 1 aromatic carbocycles. The Morgan fingerprint density at radius 1 is 1.05 bits per heavy atom. The Hall–Kier alpha value is -4.47. The second kappa shape index (κ2) is 9.44. The molecule has 0 saturated heterocycles. The second-order valence-corrected chi connectivity index (χ2v) is 9.08. The van der Waals surface area contributed by atoms with Gasteiger partial charge in [0.1, 0.15) is 11.5 Å². The number of rotatable bonds is 6. The van der Waals surface area contributed by atoms with Crippen LogP contribution >= 0.6 is 0 Å². The standard InChI is InChI=1S/C28H23F3N4O3/c1-15-24(17(3)38-34-15)20-13-22-26(33-14-20)25(19-8-6-7-18(11-19)12-23(36)37)27(28(29,30)31)35(22)16(2)21-9-4-5-10-32-21/h4-11,13-14,16H,12H2,1-3H3,(H,36,37)/t16-/m0/s1. The molecule has 7 nitrogen and oxygen atoms in total. The van der Waals surface area contributed by atoms with E-state index in [-0.39, 0.29) is 28.6 Å². The number of hydrogen-bond donors (Lipinski definition) is 1. The fourth-order valence-corrected chi connectivity index (χ4v) is 4.94. The average molecular weight is 521 g/mol. The van der Waals surface area contributed by atoms with Gasteiger partial charge in [-0.25, -0.2) is 0 Å². The Morgan fingerprint density at radius 3 is 2.47 bits per heavy atom. The van der Waals surface area contributed by atoms with Crippen LogP contribution in [0.15, 0.2) is 65.4 Å². The maximum absolute atomic E-state index is 14.9. The molecule has 194 valence electrons. The van der Waals surface area contributed by atoms with Crippen LogP contribution in [0.5, 0.6) is 0 Å². The van der Waals surface area contributed by atoms with E-state index < -0.39 is 23.9 Å². The maximum Gasteiger partial charge on any atom is 0.432 e. The number of fused-ring (bicyclic) bond motifs is 1. The molecule has 0 spiro atoms. The third-order valence-corrected chi connectivity index (χ3v) is 6.51. The highest BCUT2D eigenvalue weighted by Gasteiger charge is 2.41. The van der Waals surface area contributed by atoms with Crippen molar-refractivity contribution in [3.05, 3.63) is 89.3 Å². The lowest BCUT2D eigenvalue weighted by Gasteiger charge is -2.21. The van der Waals surface area contributed by atoms with Gasteiger partial charge in [-0.2, -0.15) is 13.2 Å². The molecule has 0 saturated carbocycles. The predicted molar refractivity (Wildman–Crippen MR) is 135 cm³/mol. The van der Waals surface area contributed by atoms with Crippen LogP contribution in [-0.4, -0.2) is 30.8 Å². The number of benzene rings is 1. The molecule has 0 bridgehead atoms. The van der Waals surface area contributed by atoms with Crippen molar-refractivity contribution in [1.82, 2.24) is 19.7 Å². The van der Waals surface area contributed by atoms with Crippen molar-refractivity contribution < 1.29 is 27.6 Å². The van der Waals surface area contributed by atoms with Crippen LogP contribution in [0.2, 0.25) is 0 Å². The number of pyridine rings is 2. The van der Waals surface area contributed by atoms with Gasteiger partial charge in [-0.3, -0.25) is 14.8 Å². The molecule has 4 heterocycles. The van der Waals surface area contributed by atoms with Crippen LogP contribution in [0.1, 0.15) is 41.4 Å². The van der Waals surface area contributed by atoms with Gasteiger partial charge in [0.15, 0.2) is 0 Å². The first kappa shape index (κ1) is 25.2. The zero-order valence-corrected chi connectivity index (χ0v) is 20.7. The largest absolute Gasteiger partial charge is 0.481 e. The minimum absolute atomic E-state index is 0.118. The summed E-state index contributed by atoms with van der Waals surface area (Å²) in [6.07, 6.45) is -2.03. The number of hydrogen-bond acceptors (Lipinski definition) is 5. The minimum Gasteiger partial charge on any atom is -0.481 e. The molecular formula is C28H23F3N4O3. The van der Waals surface area contributed by atoms with E-state index in [1.165, 1.54) is 29.1 Å². The van der Waals surface area contributed by atoms with E-state index in [1.807, 2.05) is 0 Å². The number of aromatic nitrogens is 4. The van der Waals surface area contributed by atoms with Crippen molar-refractivity contribution in [3.63, 3.8) is 0 Å². The van der Waals surface area contributed by atoms with Gasteiger partial charge in [-0.05, 0) is 50.1 Å². The number of aryl methyl sites for hydroxylation is 2. The summed E-state index contributed by atoms with van der Waals surface area (Å²) in [5, 5.41) is 13.2. The van der Waals surface area contributed by atoms with E-state index in [9.17, 15) is 23.1 Å². The van der Waals surface area contributed by atoms with Gasteiger partial charge in [0.25, 0.3) is 0 Å². The highest BCUT2D eigenvalue weighted by atomic mass is 19.4. The number of carbonyl (C=O) groups is 1. The Bertz CT molecular complexity index is 1640. The molecule has 10 heteroatoms. The fraction of sp³-hybridized carbons (Fsp3) is 0.214. The third kappa shape index (κ3) is 4.42. The first-order chi connectivity index (χ1) is 18.1. The molecule has 0 unspecified atom stereocenters. The molecule has 0 radical (unpaired) electrons. The van der Waals surface area contributed by atoms with E-state index in [2.05, 4.69) is 15.1 Å². The van der Waals surface area contributed by atoms with Crippen molar-refractivity contribution in [2.75, 3.05) is 0 Å². The van der Waals surface area contributed by atoms with Crippen LogP contribution in [0, 0.1) is 13.8 Å². The normalized spacial score (nSPS) is 12.7. The third-order valence-electron chi connectivity index (χ3n) is 6.51. The van der Waals surface area contributed by atoms with E-state index in [1.54, 1.807) is 57.2 Å². The van der Waals surface area contributed by atoms with E-state index in [4.69, 9.17) is 4.52 Å². The zero-order valence-electron chi connectivity index (χ0n) is 20.7. The summed E-state index contributed by atoms with van der Waals surface area (Å²) in [6.45, 7) is 5.14. The molecule has 0 amide bonds. The van der Waals surface area contributed by atoms with Gasteiger partial charge in [0.2, 0.25) is 0 Å². The molecule has 5 aromatic rings. The smallest absolute Gasteiger partial charge is 0.432 e. The lowest BCUT2D eigenvalue weighted by molar-refractivity contribution is -0.143. The number of aliphatic carboxylic acids is 1. The van der Waals surface area contributed by atoms with Crippen LogP contribution in [0.25, 0.3) is 33.3 Å². The first-order valence-electron chi connectivity index (χ1n) is 11.8. The van der Waals surface area contributed by atoms with Crippen molar-refractivity contribution in [1.29, 1.82) is 0 Å². The highest BCUT2D eigenvalue weighted by molar-refractivity contribution is 5.97. The summed E-state index contributed by atoms with van der Waals surface area (Å²) in [6, 6.07) is 12.1. The van der Waals surface area contributed by atoms with Gasteiger partial charge < -0.3 is 14.2 Å². The lowest BCUT2D eigenvalue weighted by atomic mass is 10.00. The average Bonchev–Trinajstić information content (AvgIpc) is 3.40. The van der Waals surface area contributed by atoms with E-state index in [0.29, 0.717) is 33.8 Å². The summed E-state index contributed by atoms with van der Waals surface area (Å²) < 4.78 is 51.3. The molecule has 0 aliphatic rings. The van der Waals surface area contributed by atoms with Crippen molar-refractivity contribution in [2.45, 2.75) is 39.4 Å². The molecule has 5 rings (SSSR count). The van der Waals surface area contributed by atoms with Crippen molar-refractivity contribution >= 4 is 17.0 Å². The first-order valence-corrected chi connectivity index (χ1v) is 11.8. The Morgan fingerprint density at radius 2 is 1.84 bits per heavy atom. The van der Waals surface area contributed by atoms with Crippen LogP contribution in [0.3, 0.4) is 0 Å². The molecule has 4 aromatic heterocycles. The molecule has 0 aliphatic carbocycles. The SMILES string of the molecule is Cc1noc(C)c1-c1cnc2c(-c3cccc(CC(=O)O)c3)c(C(F)(F)F)n([C@@H](C)c3ccccn3)c2c1. The Balaban J connectivity index is 1.87. The summed E-state index contributed by atoms with van der Waals surface area (Å²) in [5.41, 5.74) is 2.28.